The van der Waals surface area contributed by atoms with Gasteiger partial charge in [0, 0.05) is 50.2 Å². The van der Waals surface area contributed by atoms with Crippen molar-refractivity contribution in [3.05, 3.63) is 0 Å². The average molecular weight is 283 g/mol. The molecule has 0 spiro atoms. The van der Waals surface area contributed by atoms with Gasteiger partial charge in [-0.05, 0) is 33.6 Å². The zero-order valence-electron chi connectivity index (χ0n) is 13.1. The quantitative estimate of drug-likeness (QED) is 0.826. The molecule has 0 atom stereocenters. The van der Waals surface area contributed by atoms with Crippen molar-refractivity contribution >= 4 is 6.09 Å². The summed E-state index contributed by atoms with van der Waals surface area (Å²) in [6, 6.07) is 0. The molecule has 0 aromatic heterocycles. The Hall–Kier alpha value is -0.810. The summed E-state index contributed by atoms with van der Waals surface area (Å²) >= 11 is 0. The highest BCUT2D eigenvalue weighted by Gasteiger charge is 2.43. The van der Waals surface area contributed by atoms with Crippen LogP contribution in [0.3, 0.4) is 0 Å². The van der Waals surface area contributed by atoms with Crippen molar-refractivity contribution in [1.82, 2.24) is 15.1 Å². The van der Waals surface area contributed by atoms with Crippen LogP contribution < -0.4 is 5.32 Å². The van der Waals surface area contributed by atoms with E-state index in [9.17, 15) is 9.90 Å². The first-order chi connectivity index (χ1) is 9.32. The smallest absolute Gasteiger partial charge is 0.407 e. The fraction of sp³-hybridized carbons (Fsp3) is 0.933. The number of hydrogen-bond donors (Lipinski definition) is 2. The summed E-state index contributed by atoms with van der Waals surface area (Å²) < 4.78 is 0. The van der Waals surface area contributed by atoms with Crippen LogP contribution in [0.5, 0.6) is 0 Å². The minimum Gasteiger partial charge on any atom is -0.465 e. The van der Waals surface area contributed by atoms with Gasteiger partial charge in [-0.25, -0.2) is 4.79 Å². The van der Waals surface area contributed by atoms with E-state index in [0.29, 0.717) is 6.54 Å². The van der Waals surface area contributed by atoms with Crippen LogP contribution in [0, 0.1) is 5.41 Å². The van der Waals surface area contributed by atoms with Gasteiger partial charge in [-0.1, -0.05) is 6.42 Å². The van der Waals surface area contributed by atoms with Gasteiger partial charge in [-0.3, -0.25) is 0 Å². The largest absolute Gasteiger partial charge is 0.465 e. The molecule has 1 saturated heterocycles. The maximum atomic E-state index is 11.6. The van der Waals surface area contributed by atoms with Crippen LogP contribution in [0.1, 0.15) is 40.0 Å². The number of carbonyl (C=O) groups is 1. The minimum absolute atomic E-state index is 0.184. The number of piperazine rings is 1. The standard InChI is InChI=1S/C15H29N3O2/c1-14(2,3)18(13(19)20)12-15(5-4-6-15)11-17-9-7-16-8-10-17/h16H,4-12H2,1-3H3,(H,19,20). The fourth-order valence-electron chi connectivity index (χ4n) is 3.31. The van der Waals surface area contributed by atoms with Crippen molar-refractivity contribution in [2.75, 3.05) is 39.3 Å². The third-order valence-electron chi connectivity index (χ3n) is 4.72. The number of hydrogen-bond acceptors (Lipinski definition) is 3. The molecular weight excluding hydrogens is 254 g/mol. The Morgan fingerprint density at radius 1 is 1.30 bits per heavy atom. The van der Waals surface area contributed by atoms with Crippen LogP contribution in [0.2, 0.25) is 0 Å². The van der Waals surface area contributed by atoms with Gasteiger partial charge in [-0.15, -0.1) is 0 Å². The molecule has 0 radical (unpaired) electrons. The monoisotopic (exact) mass is 283 g/mol. The van der Waals surface area contributed by atoms with Crippen molar-refractivity contribution in [2.24, 2.45) is 5.41 Å². The van der Waals surface area contributed by atoms with E-state index in [1.165, 1.54) is 6.42 Å². The normalized spacial score (nSPS) is 23.1. The SMILES string of the molecule is CC(C)(C)N(CC1(CN2CCNCC2)CCC1)C(=O)O. The lowest BCUT2D eigenvalue weighted by Crippen LogP contribution is -2.57. The van der Waals surface area contributed by atoms with E-state index < -0.39 is 6.09 Å². The molecule has 1 amide bonds. The number of amides is 1. The van der Waals surface area contributed by atoms with Crippen LogP contribution in [-0.2, 0) is 0 Å². The first-order valence-electron chi connectivity index (χ1n) is 7.76. The maximum absolute atomic E-state index is 11.6. The lowest BCUT2D eigenvalue weighted by molar-refractivity contribution is -0.000431. The molecule has 1 saturated carbocycles. The van der Waals surface area contributed by atoms with Gasteiger partial charge in [0.05, 0.1) is 0 Å². The molecule has 0 unspecified atom stereocenters. The molecule has 0 aromatic carbocycles. The van der Waals surface area contributed by atoms with Crippen LogP contribution >= 0.6 is 0 Å². The van der Waals surface area contributed by atoms with Gasteiger partial charge in [0.1, 0.15) is 0 Å². The van der Waals surface area contributed by atoms with Crippen molar-refractivity contribution in [2.45, 2.75) is 45.6 Å². The molecule has 5 heteroatoms. The van der Waals surface area contributed by atoms with Gasteiger partial charge in [0.15, 0.2) is 0 Å². The van der Waals surface area contributed by atoms with Crippen LogP contribution in [0.4, 0.5) is 4.79 Å². The zero-order chi connectivity index (χ0) is 14.8. The van der Waals surface area contributed by atoms with Gasteiger partial charge < -0.3 is 20.2 Å². The second kappa shape index (κ2) is 5.90. The lowest BCUT2D eigenvalue weighted by atomic mass is 9.67. The third kappa shape index (κ3) is 3.64. The Bertz CT molecular complexity index is 342. The fourth-order valence-corrected chi connectivity index (χ4v) is 3.31. The van der Waals surface area contributed by atoms with E-state index in [2.05, 4.69) is 10.2 Å². The van der Waals surface area contributed by atoms with Gasteiger partial charge in [0.2, 0.25) is 0 Å². The molecule has 116 valence electrons. The summed E-state index contributed by atoms with van der Waals surface area (Å²) in [5.74, 6) is 0. The Balaban J connectivity index is 2.00. The molecule has 1 heterocycles. The molecular formula is C15H29N3O2. The minimum atomic E-state index is -0.788. The highest BCUT2D eigenvalue weighted by Crippen LogP contribution is 2.43. The molecule has 5 nitrogen and oxygen atoms in total. The molecule has 2 rings (SSSR count). The molecule has 0 aromatic rings. The number of nitrogens with zero attached hydrogens (tertiary/aromatic N) is 2. The predicted octanol–water partition coefficient (Wildman–Crippen LogP) is 1.84. The van der Waals surface area contributed by atoms with Crippen molar-refractivity contribution < 1.29 is 9.90 Å². The molecule has 2 aliphatic rings. The van der Waals surface area contributed by atoms with E-state index in [1.54, 1.807) is 4.90 Å². The lowest BCUT2D eigenvalue weighted by Gasteiger charge is -2.50. The van der Waals surface area contributed by atoms with E-state index in [0.717, 1.165) is 45.6 Å². The number of carboxylic acid groups (broad SMARTS) is 1. The number of rotatable bonds is 4. The maximum Gasteiger partial charge on any atom is 0.407 e. The van der Waals surface area contributed by atoms with Crippen LogP contribution in [0.25, 0.3) is 0 Å². The molecule has 1 aliphatic heterocycles. The Morgan fingerprint density at radius 3 is 2.30 bits per heavy atom. The molecule has 1 aliphatic carbocycles. The molecule has 2 N–H and O–H groups in total. The highest BCUT2D eigenvalue weighted by atomic mass is 16.4. The van der Waals surface area contributed by atoms with Crippen molar-refractivity contribution in [3.63, 3.8) is 0 Å². The average Bonchev–Trinajstić information content (AvgIpc) is 2.31. The zero-order valence-corrected chi connectivity index (χ0v) is 13.1. The number of nitrogens with one attached hydrogen (secondary N) is 1. The van der Waals surface area contributed by atoms with Crippen molar-refractivity contribution in [1.29, 1.82) is 0 Å². The van der Waals surface area contributed by atoms with E-state index in [4.69, 9.17) is 0 Å². The van der Waals surface area contributed by atoms with Crippen LogP contribution in [0.15, 0.2) is 0 Å². The summed E-state index contributed by atoms with van der Waals surface area (Å²) in [5.41, 5.74) is -0.138. The van der Waals surface area contributed by atoms with Crippen molar-refractivity contribution in [3.8, 4) is 0 Å². The Kier molecular flexibility index (Phi) is 4.59. The Morgan fingerprint density at radius 2 is 1.90 bits per heavy atom. The van der Waals surface area contributed by atoms with Crippen LogP contribution in [-0.4, -0.2) is 65.8 Å². The van der Waals surface area contributed by atoms with Gasteiger partial charge >= 0.3 is 6.09 Å². The second-order valence-corrected chi connectivity index (χ2v) is 7.42. The molecule has 0 bridgehead atoms. The third-order valence-corrected chi connectivity index (χ3v) is 4.72. The molecule has 2 fully saturated rings. The summed E-state index contributed by atoms with van der Waals surface area (Å²) in [6.45, 7) is 12.0. The summed E-state index contributed by atoms with van der Waals surface area (Å²) in [7, 11) is 0. The van der Waals surface area contributed by atoms with E-state index >= 15 is 0 Å². The first kappa shape index (κ1) is 15.6. The highest BCUT2D eigenvalue weighted by molar-refractivity contribution is 5.66. The molecule has 20 heavy (non-hydrogen) atoms. The summed E-state index contributed by atoms with van der Waals surface area (Å²) in [6.07, 6.45) is 2.78. The summed E-state index contributed by atoms with van der Waals surface area (Å²) in [5, 5.41) is 12.9. The topological polar surface area (TPSA) is 55.8 Å². The van der Waals surface area contributed by atoms with Gasteiger partial charge in [0.25, 0.3) is 0 Å². The van der Waals surface area contributed by atoms with Gasteiger partial charge in [-0.2, -0.15) is 0 Å². The summed E-state index contributed by atoms with van der Waals surface area (Å²) in [4.78, 5) is 15.7. The first-order valence-corrected chi connectivity index (χ1v) is 7.76. The Labute approximate surface area is 122 Å². The predicted molar refractivity (Wildman–Crippen MR) is 80.1 cm³/mol. The van der Waals surface area contributed by atoms with E-state index in [1.807, 2.05) is 20.8 Å². The second-order valence-electron chi connectivity index (χ2n) is 7.42. The van der Waals surface area contributed by atoms with E-state index in [-0.39, 0.29) is 11.0 Å².